The lowest BCUT2D eigenvalue weighted by atomic mass is 10.0. The lowest BCUT2D eigenvalue weighted by Crippen LogP contribution is -2.39. The first kappa shape index (κ1) is 21.8. The third-order valence-corrected chi connectivity index (χ3v) is 8.14. The van der Waals surface area contributed by atoms with Gasteiger partial charge in [0.1, 0.15) is 10.8 Å². The van der Waals surface area contributed by atoms with Gasteiger partial charge in [0, 0.05) is 29.7 Å². The Balaban J connectivity index is 1.46. The van der Waals surface area contributed by atoms with Crippen molar-refractivity contribution in [3.05, 3.63) is 69.4 Å². The second-order valence-electron chi connectivity index (χ2n) is 7.06. The fourth-order valence-corrected chi connectivity index (χ4v) is 5.84. The predicted molar refractivity (Wildman–Crippen MR) is 116 cm³/mol. The number of piperidine rings is 1. The summed E-state index contributed by atoms with van der Waals surface area (Å²) < 4.78 is 40.4. The summed E-state index contributed by atoms with van der Waals surface area (Å²) in [5.74, 6) is -1.05. The number of benzene rings is 2. The molecule has 1 unspecified atom stereocenters. The van der Waals surface area contributed by atoms with Crippen LogP contribution in [0.1, 0.15) is 33.6 Å². The van der Waals surface area contributed by atoms with Crippen molar-refractivity contribution in [3.8, 4) is 0 Å². The number of sulfonamides is 1. The first-order valence-electron chi connectivity index (χ1n) is 9.49. The smallest absolute Gasteiger partial charge is 0.286 e. The Kier molecular flexibility index (Phi) is 6.33. The molecule has 1 fully saturated rings. The summed E-state index contributed by atoms with van der Waals surface area (Å²) in [6, 6.07) is 11.5. The molecule has 2 aromatic carbocycles. The largest absolute Gasteiger partial charge is 0.320 e. The van der Waals surface area contributed by atoms with E-state index in [1.54, 1.807) is 24.3 Å². The van der Waals surface area contributed by atoms with Crippen LogP contribution in [-0.4, -0.2) is 41.9 Å². The van der Waals surface area contributed by atoms with Gasteiger partial charge in [0.25, 0.3) is 5.91 Å². The van der Waals surface area contributed by atoms with Crippen LogP contribution in [0.5, 0.6) is 0 Å². The minimum atomic E-state index is -3.74. The van der Waals surface area contributed by atoms with Crippen molar-refractivity contribution < 1.29 is 17.6 Å². The predicted octanol–water partition coefficient (Wildman–Crippen LogP) is 4.15. The number of hydrogen-bond acceptors (Lipinski definition) is 6. The molecule has 0 aliphatic carbocycles. The molecule has 1 saturated heterocycles. The maximum Gasteiger partial charge on any atom is 0.286 e. The number of nitrogens with one attached hydrogen (secondary N) is 1. The van der Waals surface area contributed by atoms with Gasteiger partial charge in [-0.25, -0.2) is 12.8 Å². The fourth-order valence-electron chi connectivity index (χ4n) is 3.33. The van der Waals surface area contributed by atoms with Crippen molar-refractivity contribution in [1.82, 2.24) is 14.5 Å². The van der Waals surface area contributed by atoms with Crippen LogP contribution in [0.4, 0.5) is 10.1 Å². The zero-order valence-electron chi connectivity index (χ0n) is 16.2. The molecule has 3 aromatic rings. The van der Waals surface area contributed by atoms with Gasteiger partial charge >= 0.3 is 0 Å². The van der Waals surface area contributed by atoms with Gasteiger partial charge in [-0.3, -0.25) is 4.79 Å². The molecule has 1 aliphatic heterocycles. The van der Waals surface area contributed by atoms with Gasteiger partial charge in [-0.2, -0.15) is 4.31 Å². The van der Waals surface area contributed by atoms with E-state index in [4.69, 9.17) is 11.6 Å². The van der Waals surface area contributed by atoms with E-state index in [2.05, 4.69) is 15.5 Å². The monoisotopic (exact) mass is 480 g/mol. The van der Waals surface area contributed by atoms with Gasteiger partial charge in [-0.1, -0.05) is 22.9 Å². The van der Waals surface area contributed by atoms with Crippen LogP contribution in [-0.2, 0) is 10.0 Å². The summed E-state index contributed by atoms with van der Waals surface area (Å²) in [4.78, 5) is 12.5. The fraction of sp³-hybridized carbons (Fsp3) is 0.250. The van der Waals surface area contributed by atoms with Crippen molar-refractivity contribution in [1.29, 1.82) is 0 Å². The van der Waals surface area contributed by atoms with Crippen LogP contribution in [0, 0.1) is 5.82 Å². The number of nitrogens with zero attached hydrogens (tertiary/aromatic N) is 3. The summed E-state index contributed by atoms with van der Waals surface area (Å²) in [5.41, 5.74) is 0.584. The number of amides is 1. The highest BCUT2D eigenvalue weighted by Gasteiger charge is 2.32. The Hall–Kier alpha value is -2.40. The summed E-state index contributed by atoms with van der Waals surface area (Å²) in [6.45, 7) is 0.603. The number of anilines is 1. The molecule has 7 nitrogen and oxygen atoms in total. The normalized spacial score (nSPS) is 17.4. The second kappa shape index (κ2) is 8.99. The van der Waals surface area contributed by atoms with Crippen LogP contribution in [0.25, 0.3) is 0 Å². The maximum atomic E-state index is 13.2. The Bertz CT molecular complexity index is 1180. The maximum absolute atomic E-state index is 13.2. The van der Waals surface area contributed by atoms with E-state index in [0.717, 1.165) is 29.9 Å². The quantitative estimate of drug-likeness (QED) is 0.592. The second-order valence-corrected chi connectivity index (χ2v) is 10.4. The Morgan fingerprint density at radius 3 is 2.55 bits per heavy atom. The zero-order valence-corrected chi connectivity index (χ0v) is 18.6. The highest BCUT2D eigenvalue weighted by atomic mass is 35.5. The van der Waals surface area contributed by atoms with E-state index in [-0.39, 0.29) is 22.4 Å². The van der Waals surface area contributed by atoms with Crippen molar-refractivity contribution in [2.75, 3.05) is 18.4 Å². The molecule has 2 heterocycles. The molecule has 0 bridgehead atoms. The number of halogens is 2. The Morgan fingerprint density at radius 2 is 1.84 bits per heavy atom. The molecule has 1 aromatic heterocycles. The van der Waals surface area contributed by atoms with Crippen molar-refractivity contribution in [3.63, 3.8) is 0 Å². The lowest BCUT2D eigenvalue weighted by Gasteiger charge is -2.30. The molecule has 11 heteroatoms. The Labute approximate surface area is 187 Å². The molecule has 0 spiro atoms. The van der Waals surface area contributed by atoms with Crippen molar-refractivity contribution >= 4 is 44.6 Å². The van der Waals surface area contributed by atoms with Crippen molar-refractivity contribution in [2.45, 2.75) is 23.7 Å². The third-order valence-electron chi connectivity index (χ3n) is 4.92. The molecule has 0 saturated carbocycles. The zero-order chi connectivity index (χ0) is 22.0. The number of carbonyl (C=O) groups is 1. The molecule has 0 radical (unpaired) electrons. The summed E-state index contributed by atoms with van der Waals surface area (Å²) >= 11 is 7.00. The van der Waals surface area contributed by atoms with Gasteiger partial charge in [0.2, 0.25) is 15.0 Å². The number of rotatable bonds is 5. The van der Waals surface area contributed by atoms with E-state index in [9.17, 15) is 17.6 Å². The number of hydrogen-bond donors (Lipinski definition) is 1. The van der Waals surface area contributed by atoms with E-state index in [1.807, 2.05) is 0 Å². The average Bonchev–Trinajstić information content (AvgIpc) is 3.26. The number of carbonyl (C=O) groups excluding carboxylic acids is 1. The van der Waals surface area contributed by atoms with Gasteiger partial charge < -0.3 is 5.32 Å². The third kappa shape index (κ3) is 4.93. The summed E-state index contributed by atoms with van der Waals surface area (Å²) in [5, 5.41) is 12.2. The molecule has 1 amide bonds. The minimum absolute atomic E-state index is 0.0508. The Morgan fingerprint density at radius 1 is 1.13 bits per heavy atom. The molecular weight excluding hydrogens is 463 g/mol. The van der Waals surface area contributed by atoms with Crippen LogP contribution >= 0.6 is 22.9 Å². The van der Waals surface area contributed by atoms with Crippen LogP contribution in [0.2, 0.25) is 5.02 Å². The molecule has 162 valence electrons. The topological polar surface area (TPSA) is 92.3 Å². The molecule has 31 heavy (non-hydrogen) atoms. The molecule has 1 N–H and O–H groups in total. The highest BCUT2D eigenvalue weighted by Crippen LogP contribution is 2.32. The highest BCUT2D eigenvalue weighted by molar-refractivity contribution is 7.89. The van der Waals surface area contributed by atoms with Crippen LogP contribution in [0.15, 0.2) is 53.4 Å². The summed E-state index contributed by atoms with van der Waals surface area (Å²) in [6.07, 6.45) is 1.39. The molecular formula is C20H18ClFN4O3S2. The van der Waals surface area contributed by atoms with Crippen LogP contribution < -0.4 is 5.32 Å². The number of aromatic nitrogens is 2. The van der Waals surface area contributed by atoms with E-state index < -0.39 is 21.7 Å². The van der Waals surface area contributed by atoms with E-state index in [0.29, 0.717) is 28.7 Å². The molecule has 1 atom stereocenters. The summed E-state index contributed by atoms with van der Waals surface area (Å²) in [7, 11) is -3.74. The van der Waals surface area contributed by atoms with Crippen LogP contribution in [0.3, 0.4) is 0 Å². The standard InChI is InChI=1S/C20H18ClFN4O3S2/c21-14-3-7-16(8-4-14)23-18(27)20-25-24-19(30-20)13-2-1-11-26(12-13)31(28,29)17-9-5-15(22)6-10-17/h3-10,13H,1-2,11-12H2,(H,23,27). The lowest BCUT2D eigenvalue weighted by molar-refractivity contribution is 0.102. The first-order valence-corrected chi connectivity index (χ1v) is 12.1. The molecule has 4 rings (SSSR count). The van der Waals surface area contributed by atoms with Crippen molar-refractivity contribution in [2.24, 2.45) is 0 Å². The van der Waals surface area contributed by atoms with Gasteiger partial charge in [-0.15, -0.1) is 10.2 Å². The first-order chi connectivity index (χ1) is 14.8. The molecule has 1 aliphatic rings. The van der Waals surface area contributed by atoms with E-state index in [1.165, 1.54) is 16.4 Å². The van der Waals surface area contributed by atoms with Gasteiger partial charge in [0.05, 0.1) is 4.90 Å². The van der Waals surface area contributed by atoms with Gasteiger partial charge in [-0.05, 0) is 61.4 Å². The van der Waals surface area contributed by atoms with E-state index >= 15 is 0 Å². The SMILES string of the molecule is O=C(Nc1ccc(Cl)cc1)c1nnc(C2CCCN(S(=O)(=O)c3ccc(F)cc3)C2)s1. The minimum Gasteiger partial charge on any atom is -0.320 e. The van der Waals surface area contributed by atoms with Gasteiger partial charge in [0.15, 0.2) is 0 Å². The average molecular weight is 481 g/mol.